The summed E-state index contributed by atoms with van der Waals surface area (Å²) < 4.78 is 5.38. The van der Waals surface area contributed by atoms with Crippen LogP contribution in [0.4, 0.5) is 0 Å². The quantitative estimate of drug-likeness (QED) is 0.0881. The van der Waals surface area contributed by atoms with Crippen LogP contribution in [-0.2, 0) is 9.53 Å². The SMILES string of the molecule is CCCCCCCCCCCCCCCCCC/C=C(\C)C(=O)OC(C)N(C)C. The fraction of sp³-hybridized carbons (Fsp3) is 0.885. The van der Waals surface area contributed by atoms with Crippen LogP contribution in [0.25, 0.3) is 0 Å². The van der Waals surface area contributed by atoms with Gasteiger partial charge in [-0.25, -0.2) is 4.79 Å². The van der Waals surface area contributed by atoms with Crippen LogP contribution in [0.2, 0.25) is 0 Å². The summed E-state index contributed by atoms with van der Waals surface area (Å²) in [5.41, 5.74) is 0.736. The zero-order valence-corrected chi connectivity index (χ0v) is 20.4. The molecular weight excluding hydrogens is 358 g/mol. The summed E-state index contributed by atoms with van der Waals surface area (Å²) in [6, 6.07) is 0. The van der Waals surface area contributed by atoms with E-state index in [0.717, 1.165) is 12.0 Å². The highest BCUT2D eigenvalue weighted by Crippen LogP contribution is 2.14. The zero-order chi connectivity index (χ0) is 21.7. The minimum Gasteiger partial charge on any atom is -0.443 e. The summed E-state index contributed by atoms with van der Waals surface area (Å²) in [6.45, 7) is 6.03. The number of allylic oxidation sites excluding steroid dienone is 1. The van der Waals surface area contributed by atoms with Gasteiger partial charge in [0.15, 0.2) is 6.23 Å². The molecule has 0 fully saturated rings. The van der Waals surface area contributed by atoms with Gasteiger partial charge in [0.1, 0.15) is 0 Å². The van der Waals surface area contributed by atoms with E-state index in [-0.39, 0.29) is 12.2 Å². The van der Waals surface area contributed by atoms with Gasteiger partial charge < -0.3 is 4.74 Å². The third-order valence-corrected chi connectivity index (χ3v) is 5.83. The molecule has 1 unspecified atom stereocenters. The highest BCUT2D eigenvalue weighted by atomic mass is 16.6. The smallest absolute Gasteiger partial charge is 0.334 e. The molecule has 0 aliphatic heterocycles. The van der Waals surface area contributed by atoms with Crippen LogP contribution in [-0.4, -0.2) is 31.2 Å². The van der Waals surface area contributed by atoms with Crippen molar-refractivity contribution in [2.24, 2.45) is 0 Å². The number of hydrogen-bond acceptors (Lipinski definition) is 3. The van der Waals surface area contributed by atoms with E-state index in [2.05, 4.69) is 6.92 Å². The monoisotopic (exact) mass is 409 g/mol. The Morgan fingerprint density at radius 2 is 1.14 bits per heavy atom. The van der Waals surface area contributed by atoms with E-state index >= 15 is 0 Å². The van der Waals surface area contributed by atoms with Gasteiger partial charge in [0.05, 0.1) is 0 Å². The molecule has 0 rings (SSSR count). The van der Waals surface area contributed by atoms with Gasteiger partial charge in [-0.2, -0.15) is 0 Å². The maximum atomic E-state index is 11.9. The van der Waals surface area contributed by atoms with Gasteiger partial charge >= 0.3 is 5.97 Å². The first-order valence-electron chi connectivity index (χ1n) is 12.5. The topological polar surface area (TPSA) is 29.5 Å². The van der Waals surface area contributed by atoms with E-state index in [1.165, 1.54) is 103 Å². The Morgan fingerprint density at radius 1 is 0.759 bits per heavy atom. The maximum absolute atomic E-state index is 11.9. The Morgan fingerprint density at radius 3 is 1.52 bits per heavy atom. The summed E-state index contributed by atoms with van der Waals surface area (Å²) in [5, 5.41) is 0. The van der Waals surface area contributed by atoms with Gasteiger partial charge in [-0.15, -0.1) is 0 Å². The summed E-state index contributed by atoms with van der Waals surface area (Å²) in [4.78, 5) is 13.8. The van der Waals surface area contributed by atoms with Crippen molar-refractivity contribution in [2.75, 3.05) is 14.1 Å². The molecule has 0 saturated carbocycles. The van der Waals surface area contributed by atoms with E-state index < -0.39 is 0 Å². The van der Waals surface area contributed by atoms with Crippen LogP contribution in [0.5, 0.6) is 0 Å². The van der Waals surface area contributed by atoms with Crippen LogP contribution < -0.4 is 0 Å². The predicted molar refractivity (Wildman–Crippen MR) is 127 cm³/mol. The van der Waals surface area contributed by atoms with Crippen molar-refractivity contribution < 1.29 is 9.53 Å². The van der Waals surface area contributed by atoms with Gasteiger partial charge in [-0.05, 0) is 40.8 Å². The van der Waals surface area contributed by atoms with E-state index in [0.29, 0.717) is 0 Å². The largest absolute Gasteiger partial charge is 0.443 e. The van der Waals surface area contributed by atoms with E-state index in [1.807, 2.05) is 38.9 Å². The van der Waals surface area contributed by atoms with Crippen LogP contribution >= 0.6 is 0 Å². The highest BCUT2D eigenvalue weighted by Gasteiger charge is 2.12. The molecule has 1 atom stereocenters. The maximum Gasteiger partial charge on any atom is 0.334 e. The molecule has 3 heteroatoms. The highest BCUT2D eigenvalue weighted by molar-refractivity contribution is 5.87. The molecule has 0 N–H and O–H groups in total. The molecule has 0 bridgehead atoms. The third-order valence-electron chi connectivity index (χ3n) is 5.83. The number of carbonyl (C=O) groups excluding carboxylic acids is 1. The van der Waals surface area contributed by atoms with Crippen molar-refractivity contribution >= 4 is 5.97 Å². The first-order chi connectivity index (χ1) is 14.0. The summed E-state index contributed by atoms with van der Waals surface area (Å²) >= 11 is 0. The molecular formula is C26H51NO2. The van der Waals surface area contributed by atoms with Crippen molar-refractivity contribution in [1.29, 1.82) is 0 Å². The fourth-order valence-corrected chi connectivity index (χ4v) is 3.45. The second kappa shape index (κ2) is 20.4. The van der Waals surface area contributed by atoms with Gasteiger partial charge in [0.25, 0.3) is 0 Å². The number of nitrogens with zero attached hydrogens (tertiary/aromatic N) is 1. The van der Waals surface area contributed by atoms with Crippen molar-refractivity contribution in [1.82, 2.24) is 4.90 Å². The van der Waals surface area contributed by atoms with Crippen LogP contribution in [0.15, 0.2) is 11.6 Å². The Labute approximate surface area is 182 Å². The molecule has 3 nitrogen and oxygen atoms in total. The first-order valence-corrected chi connectivity index (χ1v) is 12.5. The minimum atomic E-state index is -0.192. The average molecular weight is 410 g/mol. The normalized spacial score (nSPS) is 13.1. The van der Waals surface area contributed by atoms with Crippen molar-refractivity contribution in [3.63, 3.8) is 0 Å². The molecule has 0 spiro atoms. The number of ether oxygens (including phenoxy) is 1. The Kier molecular flexibility index (Phi) is 19.9. The number of unbranched alkanes of at least 4 members (excludes halogenated alkanes) is 16. The third kappa shape index (κ3) is 18.9. The van der Waals surface area contributed by atoms with Gasteiger partial charge in [-0.1, -0.05) is 109 Å². The molecule has 172 valence electrons. The second-order valence-electron chi connectivity index (χ2n) is 8.95. The lowest BCUT2D eigenvalue weighted by Crippen LogP contribution is -2.30. The summed E-state index contributed by atoms with van der Waals surface area (Å²) in [5.74, 6) is -0.192. The summed E-state index contributed by atoms with van der Waals surface area (Å²) in [6.07, 6.45) is 25.1. The van der Waals surface area contributed by atoms with Crippen molar-refractivity contribution in [3.8, 4) is 0 Å². The van der Waals surface area contributed by atoms with E-state index in [4.69, 9.17) is 4.74 Å². The number of esters is 1. The standard InChI is InChI=1S/C26H51NO2/c1-6-7-8-9-10-11-12-13-14-15-16-17-18-19-20-21-22-23-24(2)26(28)29-25(3)27(4)5/h23,25H,6-22H2,1-5H3/b24-23+. The molecule has 0 aromatic rings. The molecule has 0 radical (unpaired) electrons. The average Bonchev–Trinajstić information content (AvgIpc) is 2.69. The number of carbonyl (C=O) groups is 1. The van der Waals surface area contributed by atoms with E-state index in [1.54, 1.807) is 0 Å². The molecule has 0 heterocycles. The molecule has 0 aliphatic rings. The molecule has 0 aliphatic carbocycles. The van der Waals surface area contributed by atoms with E-state index in [9.17, 15) is 4.79 Å². The van der Waals surface area contributed by atoms with Crippen LogP contribution in [0, 0.1) is 0 Å². The molecule has 29 heavy (non-hydrogen) atoms. The zero-order valence-electron chi connectivity index (χ0n) is 20.4. The van der Waals surface area contributed by atoms with Crippen LogP contribution in [0.3, 0.4) is 0 Å². The first kappa shape index (κ1) is 28.2. The Bertz CT molecular complexity index is 404. The molecule has 0 amide bonds. The minimum absolute atomic E-state index is 0.179. The Balaban J connectivity index is 3.37. The van der Waals surface area contributed by atoms with Crippen LogP contribution in [0.1, 0.15) is 130 Å². The van der Waals surface area contributed by atoms with Gasteiger partial charge in [0.2, 0.25) is 0 Å². The fourth-order valence-electron chi connectivity index (χ4n) is 3.45. The number of rotatable bonds is 20. The van der Waals surface area contributed by atoms with Gasteiger partial charge in [-0.3, -0.25) is 4.90 Å². The van der Waals surface area contributed by atoms with Crippen molar-refractivity contribution in [2.45, 2.75) is 136 Å². The second-order valence-corrected chi connectivity index (χ2v) is 8.95. The lowest BCUT2D eigenvalue weighted by Gasteiger charge is -2.19. The summed E-state index contributed by atoms with van der Waals surface area (Å²) in [7, 11) is 3.82. The number of hydrogen-bond donors (Lipinski definition) is 0. The predicted octanol–water partition coefficient (Wildman–Crippen LogP) is 8.04. The van der Waals surface area contributed by atoms with Gasteiger partial charge in [0, 0.05) is 5.57 Å². The van der Waals surface area contributed by atoms with Crippen molar-refractivity contribution in [3.05, 3.63) is 11.6 Å². The Hall–Kier alpha value is -0.830. The molecule has 0 aromatic carbocycles. The lowest BCUT2D eigenvalue weighted by atomic mass is 10.0. The molecule has 0 saturated heterocycles. The molecule has 0 aromatic heterocycles. The lowest BCUT2D eigenvalue weighted by molar-refractivity contribution is -0.150.